The minimum atomic E-state index is -0.800. The van der Waals surface area contributed by atoms with Crippen LogP contribution in [-0.4, -0.2) is 57.1 Å². The zero-order chi connectivity index (χ0) is 28.3. The predicted molar refractivity (Wildman–Crippen MR) is 158 cm³/mol. The maximum Gasteiger partial charge on any atom is 0.349 e. The van der Waals surface area contributed by atoms with Gasteiger partial charge in [-0.3, -0.25) is 9.36 Å². The van der Waals surface area contributed by atoms with E-state index in [0.717, 1.165) is 29.8 Å². The Morgan fingerprint density at radius 2 is 1.69 bits per heavy atom. The van der Waals surface area contributed by atoms with Crippen LogP contribution in [-0.2, 0) is 12.1 Å². The van der Waals surface area contributed by atoms with E-state index in [1.807, 2.05) is 86.6 Å². The molecule has 0 N–H and O–H groups in total. The van der Waals surface area contributed by atoms with Crippen LogP contribution in [0.15, 0.2) is 65.5 Å². The summed E-state index contributed by atoms with van der Waals surface area (Å²) in [5.41, 5.74) is 3.50. The number of fused-ring (bicyclic) bond motifs is 1. The van der Waals surface area contributed by atoms with Crippen LogP contribution in [0.25, 0.3) is 5.52 Å². The molecule has 0 saturated carbocycles. The molecule has 2 heterocycles. The van der Waals surface area contributed by atoms with Gasteiger partial charge >= 0.3 is 5.69 Å². The molecule has 2 aromatic carbocycles. The van der Waals surface area contributed by atoms with Crippen molar-refractivity contribution in [2.24, 2.45) is 0 Å². The summed E-state index contributed by atoms with van der Waals surface area (Å²) >= 11 is 6.65. The first kappa shape index (κ1) is 28.6. The van der Waals surface area contributed by atoms with Crippen molar-refractivity contribution in [2.75, 3.05) is 27.2 Å². The Labute approximate surface area is 235 Å². The van der Waals surface area contributed by atoms with Crippen molar-refractivity contribution >= 4 is 23.0 Å². The molecule has 0 bridgehead atoms. The number of carbonyl (C=O) groups is 1. The topological polar surface area (TPSA) is 62.9 Å². The van der Waals surface area contributed by atoms with Crippen LogP contribution >= 0.6 is 11.6 Å². The van der Waals surface area contributed by atoms with Gasteiger partial charge in [-0.15, -0.1) is 0 Å². The third-order valence-corrected chi connectivity index (χ3v) is 8.01. The molecular weight excluding hydrogens is 510 g/mol. The number of hydrogen-bond acceptors (Lipinski definition) is 4. The predicted octanol–water partition coefficient (Wildman–Crippen LogP) is 5.53. The minimum absolute atomic E-state index is 0.0625. The second-order valence-corrected chi connectivity index (χ2v) is 11.1. The Hall–Kier alpha value is -3.42. The fourth-order valence-corrected chi connectivity index (χ4v) is 5.24. The highest BCUT2D eigenvalue weighted by Crippen LogP contribution is 2.35. The third-order valence-electron chi connectivity index (χ3n) is 7.55. The minimum Gasteiger partial charge on any atom is -0.328 e. The van der Waals surface area contributed by atoms with Crippen LogP contribution in [0.3, 0.4) is 0 Å². The lowest BCUT2D eigenvalue weighted by Gasteiger charge is -2.42. The first-order valence-corrected chi connectivity index (χ1v) is 13.8. The van der Waals surface area contributed by atoms with Gasteiger partial charge in [-0.1, -0.05) is 66.6 Å². The van der Waals surface area contributed by atoms with Crippen molar-refractivity contribution in [2.45, 2.75) is 52.6 Å². The van der Waals surface area contributed by atoms with Crippen LogP contribution in [0, 0.1) is 13.8 Å². The molecule has 0 aliphatic heterocycles. The van der Waals surface area contributed by atoms with E-state index in [4.69, 9.17) is 11.6 Å². The van der Waals surface area contributed by atoms with Gasteiger partial charge in [-0.2, -0.15) is 9.61 Å². The highest BCUT2D eigenvalue weighted by atomic mass is 35.5. The second-order valence-electron chi connectivity index (χ2n) is 10.7. The average Bonchev–Trinajstić information content (AvgIpc) is 3.21. The SMILES string of the molecule is CCC(C)(c1cc2c(Cl)c(C)nn2c(=O)n1Cc1ccccc1)N(CCCN(C)C)C(=O)c1ccc(C)cc1. The monoisotopic (exact) mass is 547 g/mol. The quantitative estimate of drug-likeness (QED) is 0.262. The number of benzene rings is 2. The molecular formula is C31H38ClN5O2. The third kappa shape index (κ3) is 5.80. The Morgan fingerprint density at radius 1 is 1.03 bits per heavy atom. The first-order valence-electron chi connectivity index (χ1n) is 13.4. The molecule has 8 heteroatoms. The summed E-state index contributed by atoms with van der Waals surface area (Å²) in [5, 5.41) is 4.88. The molecule has 1 atom stereocenters. The Morgan fingerprint density at radius 3 is 2.31 bits per heavy atom. The summed E-state index contributed by atoms with van der Waals surface area (Å²) in [4.78, 5) is 32.2. The number of rotatable bonds is 10. The molecule has 1 amide bonds. The number of aromatic nitrogens is 3. The number of hydrogen-bond donors (Lipinski definition) is 0. The van der Waals surface area contributed by atoms with Crippen LogP contribution in [0.1, 0.15) is 59.6 Å². The van der Waals surface area contributed by atoms with Crippen LogP contribution < -0.4 is 5.69 Å². The number of amides is 1. The fourth-order valence-electron chi connectivity index (χ4n) is 5.07. The lowest BCUT2D eigenvalue weighted by molar-refractivity contribution is 0.0453. The molecule has 4 rings (SSSR count). The van der Waals surface area contributed by atoms with E-state index in [1.165, 1.54) is 4.52 Å². The summed E-state index contributed by atoms with van der Waals surface area (Å²) in [6, 6.07) is 19.5. The number of aryl methyl sites for hydroxylation is 2. The molecule has 1 unspecified atom stereocenters. The van der Waals surface area contributed by atoms with Crippen molar-refractivity contribution in [3.8, 4) is 0 Å². The molecule has 0 aliphatic carbocycles. The van der Waals surface area contributed by atoms with E-state index >= 15 is 0 Å². The van der Waals surface area contributed by atoms with E-state index in [0.29, 0.717) is 41.3 Å². The van der Waals surface area contributed by atoms with Crippen LogP contribution in [0.4, 0.5) is 0 Å². The van der Waals surface area contributed by atoms with Gasteiger partial charge < -0.3 is 9.80 Å². The van der Waals surface area contributed by atoms with Gasteiger partial charge in [0.2, 0.25) is 0 Å². The summed E-state index contributed by atoms with van der Waals surface area (Å²) < 4.78 is 3.12. The Kier molecular flexibility index (Phi) is 8.62. The zero-order valence-electron chi connectivity index (χ0n) is 23.7. The van der Waals surface area contributed by atoms with Gasteiger partial charge in [-0.05, 0) is 78.0 Å². The van der Waals surface area contributed by atoms with E-state index in [2.05, 4.69) is 23.8 Å². The maximum absolute atomic E-state index is 14.2. The van der Waals surface area contributed by atoms with Crippen molar-refractivity contribution in [3.63, 3.8) is 0 Å². The molecule has 7 nitrogen and oxygen atoms in total. The van der Waals surface area contributed by atoms with E-state index in [9.17, 15) is 9.59 Å². The second kappa shape index (κ2) is 11.8. The lowest BCUT2D eigenvalue weighted by Crippen LogP contribution is -2.51. The zero-order valence-corrected chi connectivity index (χ0v) is 24.5. The normalized spacial score (nSPS) is 13.1. The van der Waals surface area contributed by atoms with Crippen LogP contribution in [0.5, 0.6) is 0 Å². The molecule has 206 valence electrons. The number of halogens is 1. The van der Waals surface area contributed by atoms with E-state index < -0.39 is 5.54 Å². The van der Waals surface area contributed by atoms with Crippen molar-refractivity contribution < 1.29 is 4.79 Å². The van der Waals surface area contributed by atoms with Crippen molar-refractivity contribution in [3.05, 3.63) is 104 Å². The molecule has 0 fully saturated rings. The fraction of sp³-hybridized carbons (Fsp3) is 0.387. The highest BCUT2D eigenvalue weighted by Gasteiger charge is 2.39. The number of carbonyl (C=O) groups excluding carboxylic acids is 1. The molecule has 39 heavy (non-hydrogen) atoms. The van der Waals surface area contributed by atoms with E-state index in [-0.39, 0.29) is 11.6 Å². The van der Waals surface area contributed by atoms with Crippen LogP contribution in [0.2, 0.25) is 5.02 Å². The highest BCUT2D eigenvalue weighted by molar-refractivity contribution is 6.34. The van der Waals surface area contributed by atoms with Gasteiger partial charge in [0.15, 0.2) is 0 Å². The van der Waals surface area contributed by atoms with Crippen molar-refractivity contribution in [1.29, 1.82) is 0 Å². The summed E-state index contributed by atoms with van der Waals surface area (Å²) in [7, 11) is 4.06. The van der Waals surface area contributed by atoms with Gasteiger partial charge in [0.1, 0.15) is 0 Å². The maximum atomic E-state index is 14.2. The number of nitrogens with zero attached hydrogens (tertiary/aromatic N) is 5. The average molecular weight is 548 g/mol. The molecule has 0 radical (unpaired) electrons. The Bertz CT molecular complexity index is 1510. The molecule has 0 aliphatic rings. The summed E-state index contributed by atoms with van der Waals surface area (Å²) in [5.74, 6) is -0.0625. The standard InChI is InChI=1S/C31H38ClN5O2/c1-7-31(4,36(19-11-18-34(5)6)29(38)25-16-14-22(2)15-17-25)27-20-26-28(32)23(3)33-37(26)30(39)35(27)21-24-12-9-8-10-13-24/h8-10,12-17,20H,7,11,18-19,21H2,1-6H3. The summed E-state index contributed by atoms with van der Waals surface area (Å²) in [6.07, 6.45) is 1.39. The molecule has 0 spiro atoms. The molecule has 4 aromatic rings. The smallest absolute Gasteiger partial charge is 0.328 e. The van der Waals surface area contributed by atoms with Gasteiger partial charge in [0.05, 0.1) is 34.0 Å². The first-order chi connectivity index (χ1) is 18.6. The van der Waals surface area contributed by atoms with E-state index in [1.54, 1.807) is 11.5 Å². The van der Waals surface area contributed by atoms with Gasteiger partial charge in [0, 0.05) is 12.1 Å². The molecule has 0 saturated heterocycles. The van der Waals surface area contributed by atoms with Gasteiger partial charge in [-0.25, -0.2) is 4.79 Å². The van der Waals surface area contributed by atoms with Gasteiger partial charge in [0.25, 0.3) is 5.91 Å². The lowest BCUT2D eigenvalue weighted by atomic mass is 9.89. The van der Waals surface area contributed by atoms with Crippen molar-refractivity contribution in [1.82, 2.24) is 24.0 Å². The Balaban J connectivity index is 1.94. The molecule has 2 aromatic heterocycles. The summed E-state index contributed by atoms with van der Waals surface area (Å²) in [6.45, 7) is 9.64. The largest absolute Gasteiger partial charge is 0.349 e.